The van der Waals surface area contributed by atoms with Gasteiger partial charge in [0.2, 0.25) is 0 Å². The second-order valence-corrected chi connectivity index (χ2v) is 6.44. The Bertz CT molecular complexity index is 723. The van der Waals surface area contributed by atoms with E-state index in [-0.39, 0.29) is 12.1 Å². The number of rotatable bonds is 2. The van der Waals surface area contributed by atoms with Gasteiger partial charge in [-0.1, -0.05) is 42.0 Å². The van der Waals surface area contributed by atoms with E-state index >= 15 is 0 Å². The molecular weight excluding hydrogens is 284 g/mol. The van der Waals surface area contributed by atoms with Gasteiger partial charge in [0, 0.05) is 12.2 Å². The highest BCUT2D eigenvalue weighted by Gasteiger charge is 2.30. The van der Waals surface area contributed by atoms with Gasteiger partial charge in [0.1, 0.15) is 0 Å². The molecule has 1 aliphatic heterocycles. The summed E-state index contributed by atoms with van der Waals surface area (Å²) in [6, 6.07) is 14.7. The SMILES string of the molecule is Cc1cccc(C2CCCN2C(=O)Nc2cccc(C)c2C)c1. The molecule has 2 amide bonds. The molecule has 1 heterocycles. The summed E-state index contributed by atoms with van der Waals surface area (Å²) in [5.41, 5.74) is 5.71. The number of hydrogen-bond acceptors (Lipinski definition) is 1. The summed E-state index contributed by atoms with van der Waals surface area (Å²) in [5, 5.41) is 3.09. The molecule has 3 rings (SSSR count). The third kappa shape index (κ3) is 3.24. The molecule has 0 aromatic heterocycles. The van der Waals surface area contributed by atoms with E-state index in [1.807, 2.05) is 24.0 Å². The van der Waals surface area contributed by atoms with Gasteiger partial charge in [0.15, 0.2) is 0 Å². The minimum absolute atomic E-state index is 0.00251. The van der Waals surface area contributed by atoms with Crippen LogP contribution in [0.1, 0.15) is 41.1 Å². The zero-order valence-electron chi connectivity index (χ0n) is 14.1. The molecular formula is C20H24N2O. The van der Waals surface area contributed by atoms with E-state index in [9.17, 15) is 4.79 Å². The average Bonchev–Trinajstić information content (AvgIpc) is 3.01. The maximum Gasteiger partial charge on any atom is 0.322 e. The molecule has 0 aliphatic carbocycles. The van der Waals surface area contributed by atoms with Crippen LogP contribution >= 0.6 is 0 Å². The predicted molar refractivity (Wildman–Crippen MR) is 94.8 cm³/mol. The van der Waals surface area contributed by atoms with E-state index in [4.69, 9.17) is 0 Å². The van der Waals surface area contributed by atoms with Crippen LogP contribution in [0, 0.1) is 20.8 Å². The smallest absolute Gasteiger partial charge is 0.317 e. The van der Waals surface area contributed by atoms with Gasteiger partial charge < -0.3 is 10.2 Å². The quantitative estimate of drug-likeness (QED) is 0.833. The molecule has 0 radical (unpaired) electrons. The number of likely N-dealkylation sites (tertiary alicyclic amines) is 1. The van der Waals surface area contributed by atoms with Crippen molar-refractivity contribution in [2.45, 2.75) is 39.7 Å². The van der Waals surface area contributed by atoms with Gasteiger partial charge in [-0.3, -0.25) is 0 Å². The molecule has 2 aromatic carbocycles. The Labute approximate surface area is 138 Å². The summed E-state index contributed by atoms with van der Waals surface area (Å²) in [4.78, 5) is 14.7. The lowest BCUT2D eigenvalue weighted by molar-refractivity contribution is 0.207. The van der Waals surface area contributed by atoms with Crippen molar-refractivity contribution in [3.8, 4) is 0 Å². The van der Waals surface area contributed by atoms with Crippen molar-refractivity contribution in [1.29, 1.82) is 0 Å². The monoisotopic (exact) mass is 308 g/mol. The first-order valence-corrected chi connectivity index (χ1v) is 8.26. The van der Waals surface area contributed by atoms with Gasteiger partial charge in [0.05, 0.1) is 6.04 Å². The Morgan fingerprint density at radius 3 is 2.70 bits per heavy atom. The molecule has 3 nitrogen and oxygen atoms in total. The second kappa shape index (κ2) is 6.45. The summed E-state index contributed by atoms with van der Waals surface area (Å²) < 4.78 is 0. The molecule has 1 fully saturated rings. The fourth-order valence-electron chi connectivity index (χ4n) is 3.31. The normalized spacial score (nSPS) is 17.3. The first kappa shape index (κ1) is 15.6. The van der Waals surface area contributed by atoms with Crippen molar-refractivity contribution < 1.29 is 4.79 Å². The van der Waals surface area contributed by atoms with Crippen LogP contribution in [0.4, 0.5) is 10.5 Å². The van der Waals surface area contributed by atoms with E-state index in [2.05, 4.69) is 49.5 Å². The highest BCUT2D eigenvalue weighted by molar-refractivity contribution is 5.90. The van der Waals surface area contributed by atoms with Gasteiger partial charge in [-0.15, -0.1) is 0 Å². The number of aryl methyl sites for hydroxylation is 2. The summed E-state index contributed by atoms with van der Waals surface area (Å²) in [5.74, 6) is 0. The third-order valence-corrected chi connectivity index (χ3v) is 4.79. The minimum Gasteiger partial charge on any atom is -0.317 e. The molecule has 1 saturated heterocycles. The predicted octanol–water partition coefficient (Wildman–Crippen LogP) is 4.98. The van der Waals surface area contributed by atoms with Crippen molar-refractivity contribution in [1.82, 2.24) is 4.90 Å². The lowest BCUT2D eigenvalue weighted by Crippen LogP contribution is -2.34. The zero-order chi connectivity index (χ0) is 16.4. The summed E-state index contributed by atoms with van der Waals surface area (Å²) in [6.07, 6.45) is 2.09. The van der Waals surface area contributed by atoms with Gasteiger partial charge in [-0.25, -0.2) is 4.79 Å². The van der Waals surface area contributed by atoms with Crippen molar-refractivity contribution in [3.63, 3.8) is 0 Å². The van der Waals surface area contributed by atoms with Crippen LogP contribution in [0.2, 0.25) is 0 Å². The molecule has 0 saturated carbocycles. The van der Waals surface area contributed by atoms with E-state index in [1.54, 1.807) is 0 Å². The number of carbonyl (C=O) groups excluding carboxylic acids is 1. The van der Waals surface area contributed by atoms with Crippen LogP contribution in [0.15, 0.2) is 42.5 Å². The van der Waals surface area contributed by atoms with E-state index in [0.717, 1.165) is 30.6 Å². The molecule has 0 spiro atoms. The van der Waals surface area contributed by atoms with Crippen molar-refractivity contribution in [3.05, 3.63) is 64.7 Å². The van der Waals surface area contributed by atoms with Crippen molar-refractivity contribution in [2.24, 2.45) is 0 Å². The molecule has 3 heteroatoms. The van der Waals surface area contributed by atoms with Crippen LogP contribution in [0.3, 0.4) is 0 Å². The Kier molecular flexibility index (Phi) is 4.37. The molecule has 23 heavy (non-hydrogen) atoms. The second-order valence-electron chi connectivity index (χ2n) is 6.44. The van der Waals surface area contributed by atoms with Crippen molar-refractivity contribution >= 4 is 11.7 Å². The minimum atomic E-state index is 0.00251. The Morgan fingerprint density at radius 2 is 1.91 bits per heavy atom. The fourth-order valence-corrected chi connectivity index (χ4v) is 3.31. The van der Waals surface area contributed by atoms with Gasteiger partial charge >= 0.3 is 6.03 Å². The Balaban J connectivity index is 1.80. The van der Waals surface area contributed by atoms with Crippen molar-refractivity contribution in [2.75, 3.05) is 11.9 Å². The van der Waals surface area contributed by atoms with Crippen LogP contribution in [0.25, 0.3) is 0 Å². The van der Waals surface area contributed by atoms with Crippen LogP contribution in [0.5, 0.6) is 0 Å². The highest BCUT2D eigenvalue weighted by Crippen LogP contribution is 2.33. The summed E-state index contributed by atoms with van der Waals surface area (Å²) in [7, 11) is 0. The van der Waals surface area contributed by atoms with Crippen LogP contribution < -0.4 is 5.32 Å². The highest BCUT2D eigenvalue weighted by atomic mass is 16.2. The number of nitrogens with one attached hydrogen (secondary N) is 1. The molecule has 1 aliphatic rings. The molecule has 1 N–H and O–H groups in total. The zero-order valence-corrected chi connectivity index (χ0v) is 14.1. The maximum atomic E-state index is 12.8. The number of benzene rings is 2. The first-order chi connectivity index (χ1) is 11.1. The largest absolute Gasteiger partial charge is 0.322 e. The molecule has 1 atom stereocenters. The Hall–Kier alpha value is -2.29. The number of hydrogen-bond donors (Lipinski definition) is 1. The number of nitrogens with zero attached hydrogens (tertiary/aromatic N) is 1. The summed E-state index contributed by atoms with van der Waals surface area (Å²) >= 11 is 0. The number of anilines is 1. The lowest BCUT2D eigenvalue weighted by Gasteiger charge is -2.26. The third-order valence-electron chi connectivity index (χ3n) is 4.79. The maximum absolute atomic E-state index is 12.8. The fraction of sp³-hybridized carbons (Fsp3) is 0.350. The van der Waals surface area contributed by atoms with Crippen LogP contribution in [-0.4, -0.2) is 17.5 Å². The standard InChI is InChI=1S/C20H24N2O/c1-14-7-4-9-17(13-14)19-11-6-12-22(19)20(23)21-18-10-5-8-15(2)16(18)3/h4-5,7-10,13,19H,6,11-12H2,1-3H3,(H,21,23). The average molecular weight is 308 g/mol. The first-order valence-electron chi connectivity index (χ1n) is 8.26. The van der Waals surface area contributed by atoms with E-state index in [0.29, 0.717) is 0 Å². The number of carbonyl (C=O) groups is 1. The van der Waals surface area contributed by atoms with Gasteiger partial charge in [-0.05, 0) is 56.4 Å². The molecule has 120 valence electrons. The van der Waals surface area contributed by atoms with E-state index in [1.165, 1.54) is 16.7 Å². The number of urea groups is 1. The Morgan fingerprint density at radius 1 is 1.13 bits per heavy atom. The van der Waals surface area contributed by atoms with Gasteiger partial charge in [0.25, 0.3) is 0 Å². The molecule has 2 aromatic rings. The van der Waals surface area contributed by atoms with Crippen LogP contribution in [-0.2, 0) is 0 Å². The lowest BCUT2D eigenvalue weighted by atomic mass is 10.0. The number of amides is 2. The van der Waals surface area contributed by atoms with E-state index < -0.39 is 0 Å². The molecule has 1 unspecified atom stereocenters. The topological polar surface area (TPSA) is 32.3 Å². The van der Waals surface area contributed by atoms with Gasteiger partial charge in [-0.2, -0.15) is 0 Å². The summed E-state index contributed by atoms with van der Waals surface area (Å²) in [6.45, 7) is 7.03. The molecule has 0 bridgehead atoms.